The van der Waals surface area contributed by atoms with Crippen LogP contribution >= 0.6 is 0 Å². The Kier molecular flexibility index (Phi) is 4.83. The second-order valence-electron chi connectivity index (χ2n) is 6.07. The fourth-order valence-corrected chi connectivity index (χ4v) is 3.20. The first kappa shape index (κ1) is 14.5. The lowest BCUT2D eigenvalue weighted by molar-refractivity contribution is -0.123. The van der Waals surface area contributed by atoms with E-state index in [-0.39, 0.29) is 11.9 Å². The summed E-state index contributed by atoms with van der Waals surface area (Å²) in [5.41, 5.74) is 1.26. The summed E-state index contributed by atoms with van der Waals surface area (Å²) in [4.78, 5) is 18.7. The van der Waals surface area contributed by atoms with Gasteiger partial charge in [0.05, 0.1) is 6.04 Å². The smallest absolute Gasteiger partial charge is 0.237 e. The fourth-order valence-electron chi connectivity index (χ4n) is 3.20. The molecule has 114 valence electrons. The first-order valence-electron chi connectivity index (χ1n) is 7.96. The van der Waals surface area contributed by atoms with Crippen molar-refractivity contribution in [2.24, 2.45) is 0 Å². The van der Waals surface area contributed by atoms with Crippen LogP contribution in [0.25, 0.3) is 0 Å². The summed E-state index contributed by atoms with van der Waals surface area (Å²) in [6.07, 6.45) is 7.91. The van der Waals surface area contributed by atoms with E-state index in [2.05, 4.69) is 26.6 Å². The van der Waals surface area contributed by atoms with Crippen molar-refractivity contribution in [2.45, 2.75) is 44.3 Å². The van der Waals surface area contributed by atoms with Crippen molar-refractivity contribution in [1.82, 2.24) is 20.5 Å². The molecular formula is C16H24N4O. The van der Waals surface area contributed by atoms with Gasteiger partial charge in [0, 0.05) is 38.1 Å². The molecule has 0 aromatic carbocycles. The lowest BCUT2D eigenvalue weighted by Gasteiger charge is -2.32. The minimum atomic E-state index is 0.0402. The predicted octanol–water partition coefficient (Wildman–Crippen LogP) is 0.914. The third-order valence-electron chi connectivity index (χ3n) is 4.44. The van der Waals surface area contributed by atoms with E-state index < -0.39 is 0 Å². The summed E-state index contributed by atoms with van der Waals surface area (Å²) in [5.74, 6) is 0.193. The Bertz CT molecular complexity index is 451. The van der Waals surface area contributed by atoms with Crippen molar-refractivity contribution in [1.29, 1.82) is 0 Å². The van der Waals surface area contributed by atoms with Gasteiger partial charge >= 0.3 is 0 Å². The van der Waals surface area contributed by atoms with Crippen molar-refractivity contribution in [2.75, 3.05) is 19.6 Å². The molecule has 0 aliphatic carbocycles. The van der Waals surface area contributed by atoms with E-state index in [4.69, 9.17) is 0 Å². The molecule has 0 spiro atoms. The van der Waals surface area contributed by atoms with Crippen LogP contribution in [-0.2, 0) is 11.3 Å². The number of carbonyl (C=O) groups is 1. The van der Waals surface area contributed by atoms with Crippen LogP contribution in [0.2, 0.25) is 0 Å². The molecule has 5 heteroatoms. The number of nitrogens with zero attached hydrogens (tertiary/aromatic N) is 2. The number of pyridine rings is 1. The highest BCUT2D eigenvalue weighted by Crippen LogP contribution is 2.14. The van der Waals surface area contributed by atoms with Crippen molar-refractivity contribution in [3.05, 3.63) is 30.1 Å². The summed E-state index contributed by atoms with van der Waals surface area (Å²) in [6.45, 7) is 4.01. The molecular weight excluding hydrogens is 264 g/mol. The average Bonchev–Trinajstić information content (AvgIpc) is 3.05. The third-order valence-corrected chi connectivity index (χ3v) is 4.44. The third kappa shape index (κ3) is 4.02. The van der Waals surface area contributed by atoms with Crippen molar-refractivity contribution < 1.29 is 4.79 Å². The molecule has 1 aromatic rings. The average molecular weight is 288 g/mol. The van der Waals surface area contributed by atoms with Crippen LogP contribution in [0, 0.1) is 0 Å². The van der Waals surface area contributed by atoms with Gasteiger partial charge in [-0.05, 0) is 43.9 Å². The Morgan fingerprint density at radius 2 is 2.24 bits per heavy atom. The molecule has 2 fully saturated rings. The van der Waals surface area contributed by atoms with E-state index in [1.807, 2.05) is 18.5 Å². The monoisotopic (exact) mass is 288 g/mol. The van der Waals surface area contributed by atoms with Gasteiger partial charge in [-0.25, -0.2) is 0 Å². The quantitative estimate of drug-likeness (QED) is 0.865. The lowest BCUT2D eigenvalue weighted by atomic mass is 10.0. The molecule has 3 rings (SSSR count). The number of rotatable bonds is 4. The molecule has 2 N–H and O–H groups in total. The molecule has 3 heterocycles. The molecule has 21 heavy (non-hydrogen) atoms. The largest absolute Gasteiger partial charge is 0.352 e. The van der Waals surface area contributed by atoms with E-state index in [1.54, 1.807) is 0 Å². The highest BCUT2D eigenvalue weighted by molar-refractivity contribution is 5.82. The molecule has 1 unspecified atom stereocenters. The number of amides is 1. The van der Waals surface area contributed by atoms with Gasteiger partial charge in [-0.1, -0.05) is 6.07 Å². The number of nitrogens with one attached hydrogen (secondary N) is 2. The Labute approximate surface area is 126 Å². The molecule has 2 aliphatic heterocycles. The molecule has 5 nitrogen and oxygen atoms in total. The van der Waals surface area contributed by atoms with Crippen LogP contribution in [0.5, 0.6) is 0 Å². The second kappa shape index (κ2) is 7.00. The SMILES string of the molecule is O=C(NC1CCN(Cc2cccnc2)CC1)C1CCCN1. The van der Waals surface area contributed by atoms with Crippen molar-refractivity contribution in [3.8, 4) is 0 Å². The minimum absolute atomic E-state index is 0.0402. The highest BCUT2D eigenvalue weighted by Gasteiger charge is 2.26. The lowest BCUT2D eigenvalue weighted by Crippen LogP contribution is -2.49. The van der Waals surface area contributed by atoms with E-state index >= 15 is 0 Å². The molecule has 1 amide bonds. The van der Waals surface area contributed by atoms with Gasteiger partial charge in [0.2, 0.25) is 5.91 Å². The van der Waals surface area contributed by atoms with Gasteiger partial charge in [-0.3, -0.25) is 14.7 Å². The number of hydrogen-bond donors (Lipinski definition) is 2. The summed E-state index contributed by atoms with van der Waals surface area (Å²) in [6, 6.07) is 4.48. The molecule has 2 aliphatic rings. The zero-order valence-electron chi connectivity index (χ0n) is 12.4. The fraction of sp³-hybridized carbons (Fsp3) is 0.625. The maximum absolute atomic E-state index is 12.1. The molecule has 1 aromatic heterocycles. The first-order chi connectivity index (χ1) is 10.3. The minimum Gasteiger partial charge on any atom is -0.352 e. The van der Waals surface area contributed by atoms with Gasteiger partial charge in [0.1, 0.15) is 0 Å². The van der Waals surface area contributed by atoms with Crippen LogP contribution in [0.1, 0.15) is 31.2 Å². The first-order valence-corrected chi connectivity index (χ1v) is 7.96. The molecule has 2 saturated heterocycles. The zero-order chi connectivity index (χ0) is 14.5. The van der Waals surface area contributed by atoms with Gasteiger partial charge in [-0.15, -0.1) is 0 Å². The van der Waals surface area contributed by atoms with Crippen LogP contribution in [-0.4, -0.2) is 47.5 Å². The van der Waals surface area contributed by atoms with Gasteiger partial charge in [0.25, 0.3) is 0 Å². The summed E-state index contributed by atoms with van der Waals surface area (Å²) in [7, 11) is 0. The van der Waals surface area contributed by atoms with Crippen LogP contribution < -0.4 is 10.6 Å². The van der Waals surface area contributed by atoms with Gasteiger partial charge < -0.3 is 10.6 Å². The van der Waals surface area contributed by atoms with Crippen LogP contribution in [0.15, 0.2) is 24.5 Å². The van der Waals surface area contributed by atoms with E-state index in [1.165, 1.54) is 5.56 Å². The summed E-state index contributed by atoms with van der Waals surface area (Å²) in [5, 5.41) is 6.46. The molecule has 0 bridgehead atoms. The topological polar surface area (TPSA) is 57.3 Å². The van der Waals surface area contributed by atoms with E-state index in [0.717, 1.165) is 51.9 Å². The molecule has 1 atom stereocenters. The van der Waals surface area contributed by atoms with Crippen LogP contribution in [0.3, 0.4) is 0 Å². The van der Waals surface area contributed by atoms with Crippen molar-refractivity contribution in [3.63, 3.8) is 0 Å². The van der Waals surface area contributed by atoms with Crippen LogP contribution in [0.4, 0.5) is 0 Å². The molecule has 0 saturated carbocycles. The summed E-state index contributed by atoms with van der Waals surface area (Å²) >= 11 is 0. The number of likely N-dealkylation sites (tertiary alicyclic amines) is 1. The Morgan fingerprint density at radius 3 is 2.90 bits per heavy atom. The Balaban J connectivity index is 1.41. The highest BCUT2D eigenvalue weighted by atomic mass is 16.2. The maximum Gasteiger partial charge on any atom is 0.237 e. The number of piperidine rings is 1. The normalized spacial score (nSPS) is 24.1. The Hall–Kier alpha value is -1.46. The summed E-state index contributed by atoms with van der Waals surface area (Å²) < 4.78 is 0. The molecule has 0 radical (unpaired) electrons. The number of carbonyl (C=O) groups excluding carboxylic acids is 1. The Morgan fingerprint density at radius 1 is 1.38 bits per heavy atom. The van der Waals surface area contributed by atoms with Gasteiger partial charge in [-0.2, -0.15) is 0 Å². The predicted molar refractivity (Wildman–Crippen MR) is 81.7 cm³/mol. The maximum atomic E-state index is 12.1. The van der Waals surface area contributed by atoms with E-state index in [9.17, 15) is 4.79 Å². The second-order valence-corrected chi connectivity index (χ2v) is 6.07. The van der Waals surface area contributed by atoms with Crippen molar-refractivity contribution >= 4 is 5.91 Å². The zero-order valence-corrected chi connectivity index (χ0v) is 12.4. The standard InChI is InChI=1S/C16H24N4O/c21-16(15-4-2-8-18-15)19-14-5-9-20(10-6-14)12-13-3-1-7-17-11-13/h1,3,7,11,14-15,18H,2,4-6,8-10,12H2,(H,19,21). The van der Waals surface area contributed by atoms with E-state index in [0.29, 0.717) is 6.04 Å². The number of aromatic nitrogens is 1. The number of hydrogen-bond acceptors (Lipinski definition) is 4. The van der Waals surface area contributed by atoms with Gasteiger partial charge in [0.15, 0.2) is 0 Å².